The number of nitrogens with zero attached hydrogens (tertiary/aromatic N) is 3. The number of hydrogen-bond donors (Lipinski definition) is 2. The van der Waals surface area contributed by atoms with Crippen LogP contribution in [0.15, 0.2) is 53.7 Å². The quantitative estimate of drug-likeness (QED) is 0.238. The number of nitrogens with one attached hydrogen (secondary N) is 2. The van der Waals surface area contributed by atoms with Gasteiger partial charge in [0.1, 0.15) is 5.82 Å². The first-order valence-electron chi connectivity index (χ1n) is 7.87. The monoisotopic (exact) mass is 439 g/mol. The highest BCUT2D eigenvalue weighted by Crippen LogP contribution is 2.16. The van der Waals surface area contributed by atoms with Gasteiger partial charge in [0.05, 0.1) is 18.4 Å². The van der Waals surface area contributed by atoms with E-state index in [1.165, 1.54) is 0 Å². The summed E-state index contributed by atoms with van der Waals surface area (Å²) < 4.78 is 0. The summed E-state index contributed by atoms with van der Waals surface area (Å²) in [6.07, 6.45) is 7.06. The number of aromatic nitrogens is 2. The van der Waals surface area contributed by atoms with Crippen molar-refractivity contribution in [3.63, 3.8) is 0 Å². The Morgan fingerprint density at radius 2 is 2.08 bits per heavy atom. The van der Waals surface area contributed by atoms with Gasteiger partial charge in [0.25, 0.3) is 0 Å². The molecule has 2 N–H and O–H groups in total. The van der Waals surface area contributed by atoms with Crippen LogP contribution in [0, 0.1) is 0 Å². The van der Waals surface area contributed by atoms with Crippen molar-refractivity contribution >= 4 is 29.9 Å². The molecule has 0 aliphatic rings. The first-order valence-corrected chi connectivity index (χ1v) is 7.87. The van der Waals surface area contributed by atoms with E-state index in [-0.39, 0.29) is 24.0 Å². The fourth-order valence-corrected chi connectivity index (χ4v) is 2.33. The van der Waals surface area contributed by atoms with Gasteiger partial charge in [0.15, 0.2) is 5.96 Å². The van der Waals surface area contributed by atoms with E-state index in [0.717, 1.165) is 36.0 Å². The van der Waals surface area contributed by atoms with Crippen molar-refractivity contribution in [3.8, 4) is 11.3 Å². The maximum Gasteiger partial charge on any atom is 0.193 e. The lowest BCUT2D eigenvalue weighted by Gasteiger charge is -2.20. The molecule has 1 heterocycles. The van der Waals surface area contributed by atoms with Crippen LogP contribution in [0.3, 0.4) is 0 Å². The maximum atomic E-state index is 4.47. The number of H-pyrrole nitrogens is 1. The van der Waals surface area contributed by atoms with Gasteiger partial charge in [0, 0.05) is 20.6 Å². The van der Waals surface area contributed by atoms with Crippen LogP contribution >= 0.6 is 24.0 Å². The van der Waals surface area contributed by atoms with Gasteiger partial charge < -0.3 is 15.2 Å². The number of allylic oxidation sites excluding steroid dienone is 1. The van der Waals surface area contributed by atoms with Crippen LogP contribution in [-0.2, 0) is 6.54 Å². The minimum atomic E-state index is 0. The summed E-state index contributed by atoms with van der Waals surface area (Å²) in [6, 6.07) is 10.2. The van der Waals surface area contributed by atoms with Crippen molar-refractivity contribution in [2.24, 2.45) is 4.99 Å². The van der Waals surface area contributed by atoms with Crippen LogP contribution in [0.5, 0.6) is 0 Å². The molecule has 0 unspecified atom stereocenters. The maximum absolute atomic E-state index is 4.47. The van der Waals surface area contributed by atoms with Gasteiger partial charge in [-0.05, 0) is 18.9 Å². The first-order chi connectivity index (χ1) is 11.2. The number of aromatic amines is 1. The summed E-state index contributed by atoms with van der Waals surface area (Å²) in [6.45, 7) is 3.58. The van der Waals surface area contributed by atoms with E-state index in [9.17, 15) is 0 Å². The van der Waals surface area contributed by atoms with E-state index >= 15 is 0 Å². The second-order valence-electron chi connectivity index (χ2n) is 5.30. The molecule has 5 nitrogen and oxygen atoms in total. The van der Waals surface area contributed by atoms with E-state index in [2.05, 4.69) is 49.5 Å². The Labute approximate surface area is 161 Å². The summed E-state index contributed by atoms with van der Waals surface area (Å²) in [5.41, 5.74) is 2.17. The van der Waals surface area contributed by atoms with Crippen LogP contribution in [-0.4, -0.2) is 41.5 Å². The molecule has 0 amide bonds. The van der Waals surface area contributed by atoms with E-state index in [0.29, 0.717) is 6.54 Å². The first kappa shape index (κ1) is 20.2. The van der Waals surface area contributed by atoms with Gasteiger partial charge in [-0.2, -0.15) is 0 Å². The smallest absolute Gasteiger partial charge is 0.193 e. The molecule has 0 aliphatic carbocycles. The number of aliphatic imine (C=N–C) groups is 1. The second kappa shape index (κ2) is 10.9. The fourth-order valence-electron chi connectivity index (χ4n) is 2.33. The molecule has 0 aliphatic heterocycles. The molecule has 2 rings (SSSR count). The molecule has 2 aromatic rings. The average Bonchev–Trinajstić information content (AvgIpc) is 3.04. The average molecular weight is 439 g/mol. The van der Waals surface area contributed by atoms with Crippen molar-refractivity contribution in [2.45, 2.75) is 19.9 Å². The second-order valence-corrected chi connectivity index (χ2v) is 5.30. The van der Waals surface area contributed by atoms with Crippen LogP contribution in [0.25, 0.3) is 11.3 Å². The summed E-state index contributed by atoms with van der Waals surface area (Å²) in [5.74, 6) is 1.79. The molecule has 0 fully saturated rings. The third-order valence-electron chi connectivity index (χ3n) is 3.50. The molecule has 0 saturated carbocycles. The topological polar surface area (TPSA) is 56.3 Å². The number of hydrogen-bond acceptors (Lipinski definition) is 2. The Morgan fingerprint density at radius 3 is 2.75 bits per heavy atom. The Balaban J connectivity index is 0.00000288. The van der Waals surface area contributed by atoms with Crippen LogP contribution in [0.4, 0.5) is 0 Å². The number of rotatable bonds is 6. The SMILES string of the molecule is C/C=C/CCNC(=NC)N(C)Cc1ncc(-c2ccccc2)[nH]1.I. The number of imidazole rings is 1. The van der Waals surface area contributed by atoms with Gasteiger partial charge in [-0.3, -0.25) is 4.99 Å². The third kappa shape index (κ3) is 5.99. The van der Waals surface area contributed by atoms with E-state index < -0.39 is 0 Å². The van der Waals surface area contributed by atoms with Crippen molar-refractivity contribution in [2.75, 3.05) is 20.6 Å². The van der Waals surface area contributed by atoms with Gasteiger partial charge in [-0.1, -0.05) is 42.5 Å². The van der Waals surface area contributed by atoms with Crippen molar-refractivity contribution in [1.82, 2.24) is 20.2 Å². The minimum Gasteiger partial charge on any atom is -0.356 e. The summed E-state index contributed by atoms with van der Waals surface area (Å²) in [5, 5.41) is 3.35. The molecule has 0 spiro atoms. The Kier molecular flexibility index (Phi) is 9.14. The summed E-state index contributed by atoms with van der Waals surface area (Å²) >= 11 is 0. The summed E-state index contributed by atoms with van der Waals surface area (Å²) in [4.78, 5) is 14.2. The van der Waals surface area contributed by atoms with Crippen molar-refractivity contribution in [1.29, 1.82) is 0 Å². The molecule has 24 heavy (non-hydrogen) atoms. The van der Waals surface area contributed by atoms with Crippen molar-refractivity contribution < 1.29 is 0 Å². The van der Waals surface area contributed by atoms with Crippen LogP contribution in [0.1, 0.15) is 19.2 Å². The molecular weight excluding hydrogens is 413 g/mol. The highest BCUT2D eigenvalue weighted by Gasteiger charge is 2.09. The molecule has 0 saturated heterocycles. The van der Waals surface area contributed by atoms with E-state index in [4.69, 9.17) is 0 Å². The molecule has 0 radical (unpaired) electrons. The molecule has 6 heteroatoms. The number of benzene rings is 1. The van der Waals surface area contributed by atoms with Crippen molar-refractivity contribution in [3.05, 3.63) is 54.5 Å². The molecule has 1 aromatic carbocycles. The predicted octanol–water partition coefficient (Wildman–Crippen LogP) is 3.67. The highest BCUT2D eigenvalue weighted by atomic mass is 127. The van der Waals surface area contributed by atoms with E-state index in [1.807, 2.05) is 38.4 Å². The normalized spacial score (nSPS) is 11.4. The largest absolute Gasteiger partial charge is 0.356 e. The molecule has 1 aromatic heterocycles. The standard InChI is InChI=1S/C18H25N5.HI/c1-4-5-9-12-20-18(19-2)23(3)14-17-21-13-16(22-17)15-10-7-6-8-11-15;/h4-8,10-11,13H,9,12,14H2,1-3H3,(H,19,20)(H,21,22);1H/b5-4+;. The van der Waals surface area contributed by atoms with Crippen LogP contribution in [0.2, 0.25) is 0 Å². The molecule has 130 valence electrons. The molecule has 0 bridgehead atoms. The predicted molar refractivity (Wildman–Crippen MR) is 112 cm³/mol. The minimum absolute atomic E-state index is 0. The number of guanidine groups is 1. The fraction of sp³-hybridized carbons (Fsp3) is 0.333. The lowest BCUT2D eigenvalue weighted by Crippen LogP contribution is -2.39. The Bertz CT molecular complexity index is 648. The van der Waals surface area contributed by atoms with Gasteiger partial charge in [-0.15, -0.1) is 24.0 Å². The zero-order valence-electron chi connectivity index (χ0n) is 14.5. The lowest BCUT2D eigenvalue weighted by atomic mass is 10.2. The zero-order valence-corrected chi connectivity index (χ0v) is 16.8. The van der Waals surface area contributed by atoms with Gasteiger partial charge >= 0.3 is 0 Å². The molecule has 0 atom stereocenters. The zero-order chi connectivity index (χ0) is 16.5. The third-order valence-corrected chi connectivity index (χ3v) is 3.50. The van der Waals surface area contributed by atoms with Gasteiger partial charge in [-0.25, -0.2) is 4.98 Å². The summed E-state index contributed by atoms with van der Waals surface area (Å²) in [7, 11) is 3.81. The van der Waals surface area contributed by atoms with Gasteiger partial charge in [0.2, 0.25) is 0 Å². The van der Waals surface area contributed by atoms with Crippen LogP contribution < -0.4 is 5.32 Å². The number of halogens is 1. The Hall–Kier alpha value is -1.83. The van der Waals surface area contributed by atoms with E-state index in [1.54, 1.807) is 7.05 Å². The lowest BCUT2D eigenvalue weighted by molar-refractivity contribution is 0.465. The Morgan fingerprint density at radius 1 is 1.33 bits per heavy atom. The molecular formula is C18H26IN5. The highest BCUT2D eigenvalue weighted by molar-refractivity contribution is 14.0.